The van der Waals surface area contributed by atoms with E-state index in [0.29, 0.717) is 11.4 Å². The molecule has 2 rings (SSSR count). The molecular weight excluding hydrogens is 290 g/mol. The van der Waals surface area contributed by atoms with Gasteiger partial charge in [-0.2, -0.15) is 0 Å². The molecule has 0 aliphatic carbocycles. The summed E-state index contributed by atoms with van der Waals surface area (Å²) in [5.74, 6) is 0. The number of hydrogen-bond donors (Lipinski definition) is 1. The SMILES string of the molecule is O=S(=O)(c1ccc(Br)cc1)C1CCCNC1. The maximum absolute atomic E-state index is 12.2. The number of benzene rings is 1. The van der Waals surface area contributed by atoms with E-state index in [-0.39, 0.29) is 5.25 Å². The molecule has 1 aliphatic rings. The first-order valence-corrected chi connectivity index (χ1v) is 7.65. The Morgan fingerprint density at radius 2 is 1.94 bits per heavy atom. The molecule has 0 bridgehead atoms. The Balaban J connectivity index is 2.27. The van der Waals surface area contributed by atoms with Gasteiger partial charge in [-0.25, -0.2) is 8.42 Å². The van der Waals surface area contributed by atoms with Gasteiger partial charge in [0.05, 0.1) is 10.1 Å². The lowest BCUT2D eigenvalue weighted by Crippen LogP contribution is -2.38. The molecule has 1 atom stereocenters. The highest BCUT2D eigenvalue weighted by atomic mass is 79.9. The van der Waals surface area contributed by atoms with Crippen molar-refractivity contribution in [3.05, 3.63) is 28.7 Å². The standard InChI is InChI=1S/C11H14BrNO2S/c12-9-3-5-10(6-4-9)16(14,15)11-2-1-7-13-8-11/h3-6,11,13H,1-2,7-8H2. The van der Waals surface area contributed by atoms with Crippen LogP contribution >= 0.6 is 15.9 Å². The van der Waals surface area contributed by atoms with E-state index in [9.17, 15) is 8.42 Å². The Kier molecular flexibility index (Phi) is 3.66. The van der Waals surface area contributed by atoms with Crippen molar-refractivity contribution in [1.82, 2.24) is 5.32 Å². The van der Waals surface area contributed by atoms with Gasteiger partial charge in [-0.1, -0.05) is 15.9 Å². The number of rotatable bonds is 2. The lowest BCUT2D eigenvalue weighted by Gasteiger charge is -2.22. The zero-order valence-electron chi connectivity index (χ0n) is 8.82. The Morgan fingerprint density at radius 3 is 2.50 bits per heavy atom. The molecule has 0 amide bonds. The van der Waals surface area contributed by atoms with Crippen LogP contribution in [0, 0.1) is 0 Å². The normalized spacial score (nSPS) is 21.9. The van der Waals surface area contributed by atoms with Crippen LogP contribution in [0.2, 0.25) is 0 Å². The van der Waals surface area contributed by atoms with Crippen molar-refractivity contribution in [2.75, 3.05) is 13.1 Å². The smallest absolute Gasteiger partial charge is 0.182 e. The van der Waals surface area contributed by atoms with E-state index >= 15 is 0 Å². The van der Waals surface area contributed by atoms with Crippen molar-refractivity contribution in [2.24, 2.45) is 0 Å². The number of piperidine rings is 1. The van der Waals surface area contributed by atoms with Crippen LogP contribution in [-0.2, 0) is 9.84 Å². The molecule has 16 heavy (non-hydrogen) atoms. The topological polar surface area (TPSA) is 46.2 Å². The molecule has 1 saturated heterocycles. The minimum atomic E-state index is -3.16. The van der Waals surface area contributed by atoms with Crippen LogP contribution in [0.25, 0.3) is 0 Å². The molecule has 1 fully saturated rings. The molecule has 1 aromatic rings. The Labute approximate surface area is 104 Å². The third kappa shape index (κ3) is 2.47. The summed E-state index contributed by atoms with van der Waals surface area (Å²) in [7, 11) is -3.16. The molecule has 1 N–H and O–H groups in total. The van der Waals surface area contributed by atoms with Crippen LogP contribution < -0.4 is 5.32 Å². The van der Waals surface area contributed by atoms with Gasteiger partial charge in [0.25, 0.3) is 0 Å². The fourth-order valence-electron chi connectivity index (χ4n) is 1.90. The summed E-state index contributed by atoms with van der Waals surface area (Å²) in [4.78, 5) is 0.421. The molecular formula is C11H14BrNO2S. The van der Waals surface area contributed by atoms with Gasteiger partial charge in [-0.15, -0.1) is 0 Å². The highest BCUT2D eigenvalue weighted by molar-refractivity contribution is 9.10. The van der Waals surface area contributed by atoms with Crippen molar-refractivity contribution in [3.8, 4) is 0 Å². The predicted octanol–water partition coefficient (Wildman–Crippen LogP) is 1.97. The summed E-state index contributed by atoms with van der Waals surface area (Å²) in [5, 5.41) is 2.86. The van der Waals surface area contributed by atoms with Crippen LogP contribution in [0.5, 0.6) is 0 Å². The molecule has 0 spiro atoms. The fourth-order valence-corrected chi connectivity index (χ4v) is 3.88. The molecule has 0 saturated carbocycles. The van der Waals surface area contributed by atoms with Gasteiger partial charge in [0.15, 0.2) is 9.84 Å². The van der Waals surface area contributed by atoms with E-state index in [0.717, 1.165) is 23.9 Å². The van der Waals surface area contributed by atoms with Crippen LogP contribution in [0.3, 0.4) is 0 Å². The first kappa shape index (κ1) is 12.1. The molecule has 5 heteroatoms. The van der Waals surface area contributed by atoms with Crippen LogP contribution in [0.1, 0.15) is 12.8 Å². The summed E-state index contributed by atoms with van der Waals surface area (Å²) in [6.07, 6.45) is 1.69. The minimum Gasteiger partial charge on any atom is -0.315 e. The maximum Gasteiger partial charge on any atom is 0.182 e. The molecule has 0 aromatic heterocycles. The highest BCUT2D eigenvalue weighted by Crippen LogP contribution is 2.22. The zero-order chi connectivity index (χ0) is 11.6. The van der Waals surface area contributed by atoms with Gasteiger partial charge < -0.3 is 5.32 Å². The van der Waals surface area contributed by atoms with Gasteiger partial charge in [0.1, 0.15) is 0 Å². The molecule has 1 unspecified atom stereocenters. The molecule has 3 nitrogen and oxygen atoms in total. The van der Waals surface area contributed by atoms with Crippen LogP contribution in [-0.4, -0.2) is 26.8 Å². The van der Waals surface area contributed by atoms with E-state index in [1.54, 1.807) is 24.3 Å². The minimum absolute atomic E-state index is 0.276. The monoisotopic (exact) mass is 303 g/mol. The Bertz CT molecular complexity index is 449. The lowest BCUT2D eigenvalue weighted by molar-refractivity contribution is 0.497. The summed E-state index contributed by atoms with van der Waals surface area (Å²) in [6, 6.07) is 6.86. The lowest BCUT2D eigenvalue weighted by atomic mass is 10.2. The van der Waals surface area contributed by atoms with Crippen molar-refractivity contribution >= 4 is 25.8 Å². The van der Waals surface area contributed by atoms with E-state index in [1.165, 1.54) is 0 Å². The van der Waals surface area contributed by atoms with E-state index in [2.05, 4.69) is 21.2 Å². The second-order valence-electron chi connectivity index (χ2n) is 3.97. The van der Waals surface area contributed by atoms with Crippen LogP contribution in [0.4, 0.5) is 0 Å². The summed E-state index contributed by atoms with van der Waals surface area (Å²) in [6.45, 7) is 1.49. The third-order valence-electron chi connectivity index (χ3n) is 2.83. The van der Waals surface area contributed by atoms with Crippen molar-refractivity contribution < 1.29 is 8.42 Å². The predicted molar refractivity (Wildman–Crippen MR) is 67.2 cm³/mol. The zero-order valence-corrected chi connectivity index (χ0v) is 11.2. The largest absolute Gasteiger partial charge is 0.315 e. The Hall–Kier alpha value is -0.390. The van der Waals surface area contributed by atoms with E-state index < -0.39 is 9.84 Å². The molecule has 0 radical (unpaired) electrons. The summed E-state index contributed by atoms with van der Waals surface area (Å²) in [5.41, 5.74) is 0. The average molecular weight is 304 g/mol. The first-order chi connectivity index (χ1) is 7.60. The van der Waals surface area contributed by atoms with Crippen LogP contribution in [0.15, 0.2) is 33.6 Å². The number of halogens is 1. The Morgan fingerprint density at radius 1 is 1.25 bits per heavy atom. The molecule has 1 heterocycles. The van der Waals surface area contributed by atoms with E-state index in [4.69, 9.17) is 0 Å². The van der Waals surface area contributed by atoms with Crippen molar-refractivity contribution in [1.29, 1.82) is 0 Å². The number of hydrogen-bond acceptors (Lipinski definition) is 3. The fraction of sp³-hybridized carbons (Fsp3) is 0.455. The quantitative estimate of drug-likeness (QED) is 0.909. The number of sulfone groups is 1. The molecule has 1 aromatic carbocycles. The first-order valence-electron chi connectivity index (χ1n) is 5.31. The number of nitrogens with one attached hydrogen (secondary N) is 1. The average Bonchev–Trinajstić information content (AvgIpc) is 2.31. The summed E-state index contributed by atoms with van der Waals surface area (Å²) >= 11 is 3.30. The van der Waals surface area contributed by atoms with Gasteiger partial charge >= 0.3 is 0 Å². The van der Waals surface area contributed by atoms with Gasteiger partial charge in [-0.3, -0.25) is 0 Å². The van der Waals surface area contributed by atoms with Crippen molar-refractivity contribution in [3.63, 3.8) is 0 Å². The van der Waals surface area contributed by atoms with Gasteiger partial charge in [0.2, 0.25) is 0 Å². The highest BCUT2D eigenvalue weighted by Gasteiger charge is 2.28. The second-order valence-corrected chi connectivity index (χ2v) is 7.11. The van der Waals surface area contributed by atoms with Gasteiger partial charge in [-0.05, 0) is 43.7 Å². The van der Waals surface area contributed by atoms with Crippen molar-refractivity contribution in [2.45, 2.75) is 23.0 Å². The van der Waals surface area contributed by atoms with E-state index in [1.807, 2.05) is 0 Å². The molecule has 88 valence electrons. The molecule has 1 aliphatic heterocycles. The summed E-state index contributed by atoms with van der Waals surface area (Å²) < 4.78 is 25.4. The van der Waals surface area contributed by atoms with Gasteiger partial charge in [0, 0.05) is 11.0 Å². The third-order valence-corrected chi connectivity index (χ3v) is 5.57. The second kappa shape index (κ2) is 4.85. The maximum atomic E-state index is 12.2.